The Hall–Kier alpha value is -2.01. The lowest BCUT2D eigenvalue weighted by Crippen LogP contribution is -2.44. The number of piperidine rings is 1. The normalized spacial score (nSPS) is 24.6. The molecular formula is C21H28N2O3. The molecule has 26 heavy (non-hydrogen) atoms. The number of carbonyl (C=O) groups excluding carboxylic acids is 1. The molecule has 0 spiro atoms. The molecule has 2 bridgehead atoms. The number of benzene rings is 1. The van der Waals surface area contributed by atoms with Crippen molar-refractivity contribution in [1.29, 1.82) is 0 Å². The van der Waals surface area contributed by atoms with Gasteiger partial charge >= 0.3 is 0 Å². The van der Waals surface area contributed by atoms with E-state index in [0.717, 1.165) is 49.2 Å². The summed E-state index contributed by atoms with van der Waals surface area (Å²) in [7, 11) is 3.29. The third-order valence-electron chi connectivity index (χ3n) is 5.81. The van der Waals surface area contributed by atoms with Gasteiger partial charge in [-0.2, -0.15) is 0 Å². The van der Waals surface area contributed by atoms with Crippen molar-refractivity contribution in [2.75, 3.05) is 33.9 Å². The summed E-state index contributed by atoms with van der Waals surface area (Å²) in [6.07, 6.45) is 6.75. The van der Waals surface area contributed by atoms with E-state index in [4.69, 9.17) is 9.47 Å². The number of methoxy groups -OCH3 is 2. The summed E-state index contributed by atoms with van der Waals surface area (Å²) in [4.78, 5) is 17.9. The molecule has 0 radical (unpaired) electrons. The molecule has 1 aliphatic carbocycles. The lowest BCUT2D eigenvalue weighted by molar-refractivity contribution is -0.129. The Kier molecular flexibility index (Phi) is 4.90. The third-order valence-corrected chi connectivity index (χ3v) is 5.81. The number of rotatable bonds is 6. The zero-order valence-corrected chi connectivity index (χ0v) is 15.7. The summed E-state index contributed by atoms with van der Waals surface area (Å²) in [5, 5.41) is 0. The Morgan fingerprint density at radius 1 is 1.19 bits per heavy atom. The minimum atomic E-state index is 0.244. The van der Waals surface area contributed by atoms with Crippen LogP contribution < -0.4 is 9.47 Å². The van der Waals surface area contributed by atoms with Crippen molar-refractivity contribution >= 4 is 5.91 Å². The van der Waals surface area contributed by atoms with Crippen LogP contribution >= 0.6 is 0 Å². The second-order valence-electron chi connectivity index (χ2n) is 7.61. The van der Waals surface area contributed by atoms with E-state index in [1.165, 1.54) is 13.0 Å². The molecule has 140 valence electrons. The molecule has 1 aromatic carbocycles. The maximum Gasteiger partial charge on any atom is 0.250 e. The van der Waals surface area contributed by atoms with Crippen LogP contribution in [0, 0.1) is 5.92 Å². The van der Waals surface area contributed by atoms with Crippen molar-refractivity contribution in [2.24, 2.45) is 5.92 Å². The van der Waals surface area contributed by atoms with Crippen LogP contribution in [0.15, 0.2) is 29.8 Å². The molecule has 5 nitrogen and oxygen atoms in total. The number of fused-ring (bicyclic) bond motifs is 2. The van der Waals surface area contributed by atoms with Gasteiger partial charge in [0.25, 0.3) is 0 Å². The van der Waals surface area contributed by atoms with Crippen LogP contribution in [0.5, 0.6) is 11.5 Å². The summed E-state index contributed by atoms with van der Waals surface area (Å²) < 4.78 is 10.7. The Labute approximate surface area is 155 Å². The molecule has 2 fully saturated rings. The van der Waals surface area contributed by atoms with E-state index < -0.39 is 0 Å². The molecule has 2 aliphatic heterocycles. The summed E-state index contributed by atoms with van der Waals surface area (Å²) in [5.74, 6) is 2.09. The second kappa shape index (κ2) is 7.31. The molecule has 0 aromatic heterocycles. The highest BCUT2D eigenvalue weighted by Gasteiger charge is 2.38. The summed E-state index contributed by atoms with van der Waals surface area (Å²) in [6.45, 7) is 3.78. The van der Waals surface area contributed by atoms with E-state index in [9.17, 15) is 4.79 Å². The largest absolute Gasteiger partial charge is 0.493 e. The zero-order chi connectivity index (χ0) is 18.1. The molecule has 0 N–H and O–H groups in total. The molecule has 3 aliphatic rings. The number of carbonyl (C=O) groups is 1. The first-order valence-electron chi connectivity index (χ1n) is 9.64. The van der Waals surface area contributed by atoms with Gasteiger partial charge in [0.1, 0.15) is 0 Å². The van der Waals surface area contributed by atoms with Gasteiger partial charge in [-0.1, -0.05) is 12.1 Å². The van der Waals surface area contributed by atoms with Crippen LogP contribution in [-0.4, -0.2) is 55.6 Å². The minimum absolute atomic E-state index is 0.244. The van der Waals surface area contributed by atoms with E-state index >= 15 is 0 Å². The van der Waals surface area contributed by atoms with E-state index in [0.29, 0.717) is 24.3 Å². The van der Waals surface area contributed by atoms with E-state index in [1.54, 1.807) is 14.2 Å². The van der Waals surface area contributed by atoms with E-state index in [1.807, 2.05) is 18.2 Å². The molecule has 1 saturated carbocycles. The van der Waals surface area contributed by atoms with Gasteiger partial charge in [-0.15, -0.1) is 0 Å². The number of amides is 1. The Balaban J connectivity index is 1.54. The molecular weight excluding hydrogens is 328 g/mol. The van der Waals surface area contributed by atoms with Crippen LogP contribution in [0.25, 0.3) is 0 Å². The fraction of sp³-hybridized carbons (Fsp3) is 0.571. The molecule has 1 saturated heterocycles. The second-order valence-corrected chi connectivity index (χ2v) is 7.61. The van der Waals surface area contributed by atoms with Gasteiger partial charge < -0.3 is 14.4 Å². The van der Waals surface area contributed by atoms with Gasteiger partial charge in [-0.3, -0.25) is 9.69 Å². The summed E-state index contributed by atoms with van der Waals surface area (Å²) >= 11 is 0. The SMILES string of the molecule is COc1ccc(CN(C(=O)C2=CCN3CCCC2C3)C2CC2)cc1OC. The van der Waals surface area contributed by atoms with Crippen molar-refractivity contribution in [3.05, 3.63) is 35.4 Å². The molecule has 2 atom stereocenters. The Morgan fingerprint density at radius 3 is 2.73 bits per heavy atom. The van der Waals surface area contributed by atoms with Gasteiger partial charge in [-0.05, 0) is 49.9 Å². The molecule has 2 heterocycles. The fourth-order valence-corrected chi connectivity index (χ4v) is 4.23. The predicted octanol–water partition coefficient (Wildman–Crippen LogP) is 2.85. The molecule has 1 amide bonds. The summed E-state index contributed by atoms with van der Waals surface area (Å²) in [5.41, 5.74) is 2.14. The van der Waals surface area contributed by atoms with Crippen LogP contribution in [0.3, 0.4) is 0 Å². The highest BCUT2D eigenvalue weighted by molar-refractivity contribution is 5.94. The summed E-state index contributed by atoms with van der Waals surface area (Å²) in [6, 6.07) is 6.32. The Morgan fingerprint density at radius 2 is 2.00 bits per heavy atom. The van der Waals surface area contributed by atoms with E-state index in [2.05, 4.69) is 15.9 Å². The molecule has 5 heteroatoms. The number of hydrogen-bond donors (Lipinski definition) is 0. The average Bonchev–Trinajstić information content (AvgIpc) is 3.51. The lowest BCUT2D eigenvalue weighted by Gasteiger charge is -2.38. The maximum absolute atomic E-state index is 13.3. The molecule has 2 unspecified atom stereocenters. The number of hydrogen-bond acceptors (Lipinski definition) is 4. The predicted molar refractivity (Wildman–Crippen MR) is 100 cm³/mol. The molecule has 1 aromatic rings. The maximum atomic E-state index is 13.3. The number of ether oxygens (including phenoxy) is 2. The highest BCUT2D eigenvalue weighted by Crippen LogP contribution is 2.35. The van der Waals surface area contributed by atoms with Crippen molar-refractivity contribution in [3.63, 3.8) is 0 Å². The minimum Gasteiger partial charge on any atom is -0.493 e. The first-order chi connectivity index (χ1) is 12.7. The molecule has 4 rings (SSSR count). The van der Waals surface area contributed by atoms with E-state index in [-0.39, 0.29) is 5.91 Å². The van der Waals surface area contributed by atoms with Crippen molar-refractivity contribution in [3.8, 4) is 11.5 Å². The van der Waals surface area contributed by atoms with Crippen LogP contribution in [0.2, 0.25) is 0 Å². The standard InChI is InChI=1S/C21H28N2O3/c1-25-19-8-5-15(12-20(19)26-2)13-23(17-6-7-17)21(24)18-9-11-22-10-3-4-16(18)14-22/h5,8-9,12,16-17H,3-4,6-7,10-11,13-14H2,1-2H3. The van der Waals surface area contributed by atoms with Crippen LogP contribution in [-0.2, 0) is 11.3 Å². The third kappa shape index (κ3) is 3.45. The van der Waals surface area contributed by atoms with Crippen molar-refractivity contribution in [1.82, 2.24) is 9.80 Å². The zero-order valence-electron chi connectivity index (χ0n) is 15.7. The quantitative estimate of drug-likeness (QED) is 0.786. The Bertz CT molecular complexity index is 711. The first-order valence-corrected chi connectivity index (χ1v) is 9.64. The van der Waals surface area contributed by atoms with Gasteiger partial charge in [-0.25, -0.2) is 0 Å². The topological polar surface area (TPSA) is 42.0 Å². The first kappa shape index (κ1) is 17.4. The lowest BCUT2D eigenvalue weighted by atomic mass is 9.86. The smallest absolute Gasteiger partial charge is 0.250 e. The number of nitrogens with zero attached hydrogens (tertiary/aromatic N) is 2. The van der Waals surface area contributed by atoms with Crippen LogP contribution in [0.4, 0.5) is 0 Å². The monoisotopic (exact) mass is 356 g/mol. The van der Waals surface area contributed by atoms with Gasteiger partial charge in [0.15, 0.2) is 11.5 Å². The van der Waals surface area contributed by atoms with Gasteiger partial charge in [0.05, 0.1) is 14.2 Å². The fourth-order valence-electron chi connectivity index (χ4n) is 4.23. The highest BCUT2D eigenvalue weighted by atomic mass is 16.5. The van der Waals surface area contributed by atoms with Gasteiger partial charge in [0, 0.05) is 37.2 Å². The van der Waals surface area contributed by atoms with Crippen molar-refractivity contribution in [2.45, 2.75) is 38.3 Å². The van der Waals surface area contributed by atoms with Crippen molar-refractivity contribution < 1.29 is 14.3 Å². The van der Waals surface area contributed by atoms with Gasteiger partial charge in [0.2, 0.25) is 5.91 Å². The van der Waals surface area contributed by atoms with Crippen LogP contribution in [0.1, 0.15) is 31.2 Å². The average molecular weight is 356 g/mol.